The molecule has 0 amide bonds. The highest BCUT2D eigenvalue weighted by Crippen LogP contribution is 2.23. The van der Waals surface area contributed by atoms with E-state index in [1.165, 1.54) is 27.1 Å². The molecule has 0 aliphatic rings. The zero-order valence-corrected chi connectivity index (χ0v) is 14.3. The van der Waals surface area contributed by atoms with Crippen LogP contribution in [0.3, 0.4) is 0 Å². The minimum Gasteiger partial charge on any atom is -0.316 e. The van der Waals surface area contributed by atoms with Crippen LogP contribution in [-0.2, 0) is 6.42 Å². The molecule has 0 fully saturated rings. The molecule has 2 aromatic rings. The van der Waals surface area contributed by atoms with E-state index in [2.05, 4.69) is 75.6 Å². The molecule has 0 bridgehead atoms. The first-order valence-corrected chi connectivity index (χ1v) is 8.50. The van der Waals surface area contributed by atoms with E-state index in [9.17, 15) is 0 Å². The Bertz CT molecular complexity index is 592. The number of nitrogens with one attached hydrogen (secondary N) is 1. The number of hydrogen-bond donors (Lipinski definition) is 1. The van der Waals surface area contributed by atoms with E-state index in [0.29, 0.717) is 6.04 Å². The largest absolute Gasteiger partial charge is 0.316 e. The van der Waals surface area contributed by atoms with Crippen LogP contribution in [0, 0.1) is 20.8 Å². The standard InChI is InChI=1S/C19H25NS/c1-14-9-10-17(11-16(14)3)12-18(20-4)13-21-19-8-6-5-7-15(19)2/h5-11,18,20H,12-13H2,1-4H3. The van der Waals surface area contributed by atoms with Gasteiger partial charge in [-0.1, -0.05) is 36.4 Å². The lowest BCUT2D eigenvalue weighted by Gasteiger charge is -2.17. The lowest BCUT2D eigenvalue weighted by molar-refractivity contribution is 0.617. The quantitative estimate of drug-likeness (QED) is 0.786. The van der Waals surface area contributed by atoms with Gasteiger partial charge < -0.3 is 5.32 Å². The van der Waals surface area contributed by atoms with Gasteiger partial charge in [0, 0.05) is 16.7 Å². The molecular formula is C19H25NS. The maximum Gasteiger partial charge on any atom is 0.0199 e. The number of rotatable bonds is 6. The Labute approximate surface area is 133 Å². The van der Waals surface area contributed by atoms with Crippen LogP contribution in [0.5, 0.6) is 0 Å². The van der Waals surface area contributed by atoms with E-state index in [1.54, 1.807) is 0 Å². The second-order valence-electron chi connectivity index (χ2n) is 5.68. The number of aryl methyl sites for hydroxylation is 3. The molecule has 21 heavy (non-hydrogen) atoms. The number of benzene rings is 2. The molecular weight excluding hydrogens is 274 g/mol. The summed E-state index contributed by atoms with van der Waals surface area (Å²) in [6, 6.07) is 15.9. The van der Waals surface area contributed by atoms with Crippen LogP contribution in [0.1, 0.15) is 22.3 Å². The zero-order chi connectivity index (χ0) is 15.2. The van der Waals surface area contributed by atoms with Crippen molar-refractivity contribution in [2.75, 3.05) is 12.8 Å². The topological polar surface area (TPSA) is 12.0 Å². The van der Waals surface area contributed by atoms with Gasteiger partial charge in [-0.05, 0) is 62.6 Å². The summed E-state index contributed by atoms with van der Waals surface area (Å²) in [5.41, 5.74) is 5.54. The van der Waals surface area contributed by atoms with Crippen molar-refractivity contribution in [1.29, 1.82) is 0 Å². The van der Waals surface area contributed by atoms with Crippen molar-refractivity contribution in [3.05, 3.63) is 64.7 Å². The fourth-order valence-electron chi connectivity index (χ4n) is 2.37. The van der Waals surface area contributed by atoms with Crippen LogP contribution in [0.4, 0.5) is 0 Å². The summed E-state index contributed by atoms with van der Waals surface area (Å²) >= 11 is 1.94. The van der Waals surface area contributed by atoms with Crippen molar-refractivity contribution >= 4 is 11.8 Å². The molecule has 2 aromatic carbocycles. The molecule has 1 N–H and O–H groups in total. The van der Waals surface area contributed by atoms with Crippen molar-refractivity contribution < 1.29 is 0 Å². The molecule has 1 unspecified atom stereocenters. The van der Waals surface area contributed by atoms with E-state index < -0.39 is 0 Å². The first-order chi connectivity index (χ1) is 10.1. The summed E-state index contributed by atoms with van der Waals surface area (Å²) in [6.45, 7) is 6.54. The predicted octanol–water partition coefficient (Wildman–Crippen LogP) is 4.53. The van der Waals surface area contributed by atoms with Gasteiger partial charge in [-0.3, -0.25) is 0 Å². The molecule has 2 heteroatoms. The third-order valence-corrected chi connectivity index (χ3v) is 5.33. The van der Waals surface area contributed by atoms with Crippen molar-refractivity contribution in [2.45, 2.75) is 38.1 Å². The van der Waals surface area contributed by atoms with Gasteiger partial charge in [0.15, 0.2) is 0 Å². The van der Waals surface area contributed by atoms with Gasteiger partial charge in [0.2, 0.25) is 0 Å². The lowest BCUT2D eigenvalue weighted by Crippen LogP contribution is -2.30. The molecule has 2 rings (SSSR count). The Morgan fingerprint density at radius 1 is 0.952 bits per heavy atom. The fraction of sp³-hybridized carbons (Fsp3) is 0.368. The highest BCUT2D eigenvalue weighted by Gasteiger charge is 2.09. The summed E-state index contributed by atoms with van der Waals surface area (Å²) in [5, 5.41) is 3.45. The molecule has 112 valence electrons. The van der Waals surface area contributed by atoms with Crippen molar-refractivity contribution in [1.82, 2.24) is 5.32 Å². The Hall–Kier alpha value is -1.25. The molecule has 0 heterocycles. The van der Waals surface area contributed by atoms with Gasteiger partial charge in [0.05, 0.1) is 0 Å². The molecule has 0 saturated heterocycles. The molecule has 1 atom stereocenters. The van der Waals surface area contributed by atoms with Gasteiger partial charge in [0.25, 0.3) is 0 Å². The molecule has 0 spiro atoms. The number of likely N-dealkylation sites (N-methyl/N-ethyl adjacent to an activating group) is 1. The van der Waals surface area contributed by atoms with Crippen molar-refractivity contribution in [3.8, 4) is 0 Å². The maximum atomic E-state index is 3.45. The summed E-state index contributed by atoms with van der Waals surface area (Å²) < 4.78 is 0. The summed E-state index contributed by atoms with van der Waals surface area (Å²) in [4.78, 5) is 1.39. The molecule has 0 radical (unpaired) electrons. The highest BCUT2D eigenvalue weighted by molar-refractivity contribution is 7.99. The smallest absolute Gasteiger partial charge is 0.0199 e. The third-order valence-electron chi connectivity index (χ3n) is 4.00. The van der Waals surface area contributed by atoms with E-state index in [1.807, 2.05) is 11.8 Å². The van der Waals surface area contributed by atoms with Crippen LogP contribution in [0.15, 0.2) is 47.4 Å². The molecule has 0 aliphatic heterocycles. The number of thioether (sulfide) groups is 1. The molecule has 0 aliphatic carbocycles. The summed E-state index contributed by atoms with van der Waals surface area (Å²) in [7, 11) is 2.06. The van der Waals surface area contributed by atoms with Crippen LogP contribution in [0.2, 0.25) is 0 Å². The van der Waals surface area contributed by atoms with E-state index in [0.717, 1.165) is 12.2 Å². The molecule has 1 nitrogen and oxygen atoms in total. The van der Waals surface area contributed by atoms with Gasteiger partial charge in [0.1, 0.15) is 0 Å². The Morgan fingerprint density at radius 3 is 2.38 bits per heavy atom. The SMILES string of the molecule is CNC(CSc1ccccc1C)Cc1ccc(C)c(C)c1. The van der Waals surface area contributed by atoms with Gasteiger partial charge in [-0.15, -0.1) is 11.8 Å². The fourth-order valence-corrected chi connectivity index (χ4v) is 3.50. The van der Waals surface area contributed by atoms with Crippen LogP contribution < -0.4 is 5.32 Å². The summed E-state index contributed by atoms with van der Waals surface area (Å²) in [6.07, 6.45) is 1.08. The Morgan fingerprint density at radius 2 is 1.71 bits per heavy atom. The van der Waals surface area contributed by atoms with E-state index in [-0.39, 0.29) is 0 Å². The average molecular weight is 299 g/mol. The minimum absolute atomic E-state index is 0.497. The van der Waals surface area contributed by atoms with Crippen LogP contribution in [-0.4, -0.2) is 18.8 Å². The average Bonchev–Trinajstić information content (AvgIpc) is 2.48. The van der Waals surface area contributed by atoms with Crippen molar-refractivity contribution in [3.63, 3.8) is 0 Å². The molecule has 0 aromatic heterocycles. The molecule has 0 saturated carbocycles. The van der Waals surface area contributed by atoms with E-state index >= 15 is 0 Å². The van der Waals surface area contributed by atoms with E-state index in [4.69, 9.17) is 0 Å². The highest BCUT2D eigenvalue weighted by atomic mass is 32.2. The monoisotopic (exact) mass is 299 g/mol. The van der Waals surface area contributed by atoms with Gasteiger partial charge in [-0.2, -0.15) is 0 Å². The second kappa shape index (κ2) is 7.67. The van der Waals surface area contributed by atoms with Gasteiger partial charge in [-0.25, -0.2) is 0 Å². The van der Waals surface area contributed by atoms with Crippen LogP contribution in [0.25, 0.3) is 0 Å². The van der Waals surface area contributed by atoms with Crippen LogP contribution >= 0.6 is 11.8 Å². The summed E-state index contributed by atoms with van der Waals surface area (Å²) in [5.74, 6) is 1.09. The predicted molar refractivity (Wildman–Crippen MR) is 94.4 cm³/mol. The lowest BCUT2D eigenvalue weighted by atomic mass is 10.0. The normalized spacial score (nSPS) is 12.4. The first kappa shape index (κ1) is 16.1. The second-order valence-corrected chi connectivity index (χ2v) is 6.75. The maximum absolute atomic E-state index is 3.45. The van der Waals surface area contributed by atoms with Crippen molar-refractivity contribution in [2.24, 2.45) is 0 Å². The Kier molecular flexibility index (Phi) is 5.89. The number of hydrogen-bond acceptors (Lipinski definition) is 2. The van der Waals surface area contributed by atoms with Gasteiger partial charge >= 0.3 is 0 Å². The third kappa shape index (κ3) is 4.62. The Balaban J connectivity index is 1.97. The zero-order valence-electron chi connectivity index (χ0n) is 13.4. The minimum atomic E-state index is 0.497. The first-order valence-electron chi connectivity index (χ1n) is 7.52.